The highest BCUT2D eigenvalue weighted by molar-refractivity contribution is 8.00. The highest BCUT2D eigenvalue weighted by Crippen LogP contribution is 2.06. The predicted octanol–water partition coefficient (Wildman–Crippen LogP) is -1.36. The fourth-order valence-electron chi connectivity index (χ4n) is 1.34. The molecule has 20 heavy (non-hydrogen) atoms. The molecule has 0 rings (SSSR count). The molecule has 0 aromatic heterocycles. The van der Waals surface area contributed by atoms with Gasteiger partial charge in [-0.15, -0.1) is 11.8 Å². The number of rotatable bonds is 9. The van der Waals surface area contributed by atoms with Gasteiger partial charge in [0.1, 0.15) is 6.04 Å². The average Bonchev–Trinajstić information content (AvgIpc) is 2.32. The Kier molecular flexibility index (Phi) is 8.37. The fraction of sp³-hybridized carbons (Fsp3) is 0.636. The number of carbonyl (C=O) groups is 4. The van der Waals surface area contributed by atoms with E-state index in [1.54, 1.807) is 0 Å². The van der Waals surface area contributed by atoms with Gasteiger partial charge in [-0.05, 0) is 6.92 Å². The lowest BCUT2D eigenvalue weighted by Crippen LogP contribution is -2.47. The minimum Gasteiger partial charge on any atom is -0.480 e. The molecule has 0 bridgehead atoms. The van der Waals surface area contributed by atoms with Crippen molar-refractivity contribution >= 4 is 35.5 Å². The molecule has 0 aromatic carbocycles. The normalized spacial score (nSPS) is 11.5. The Balaban J connectivity index is 4.49. The molecule has 0 saturated heterocycles. The third-order valence-corrected chi connectivity index (χ3v) is 3.28. The van der Waals surface area contributed by atoms with Gasteiger partial charge in [-0.1, -0.05) is 0 Å². The molecule has 0 aliphatic heterocycles. The Morgan fingerprint density at radius 2 is 1.90 bits per heavy atom. The third-order valence-electron chi connectivity index (χ3n) is 2.34. The van der Waals surface area contributed by atoms with Crippen LogP contribution in [0.4, 0.5) is 0 Å². The Bertz CT molecular complexity index is 388. The fourth-order valence-corrected chi connectivity index (χ4v) is 1.99. The monoisotopic (exact) mass is 305 g/mol. The van der Waals surface area contributed by atoms with E-state index in [2.05, 4.69) is 5.32 Å². The van der Waals surface area contributed by atoms with Crippen molar-refractivity contribution in [3.05, 3.63) is 0 Å². The maximum Gasteiger partial charge on any atom is 0.326 e. The maximum absolute atomic E-state index is 11.9. The van der Waals surface area contributed by atoms with E-state index in [1.807, 2.05) is 0 Å². The number of thioether (sulfide) groups is 1. The molecule has 3 amide bonds. The first-order valence-corrected chi connectivity index (χ1v) is 7.04. The number of carbonyl (C=O) groups excluding carboxylic acids is 3. The number of primary amides is 1. The number of nitrogens with zero attached hydrogens (tertiary/aromatic N) is 1. The van der Waals surface area contributed by atoms with E-state index in [0.29, 0.717) is 0 Å². The molecule has 0 spiro atoms. The zero-order chi connectivity index (χ0) is 15.7. The molecular formula is C11H19N3O5S. The summed E-state index contributed by atoms with van der Waals surface area (Å²) in [6.45, 7) is 2.96. The van der Waals surface area contributed by atoms with Crippen molar-refractivity contribution < 1.29 is 24.3 Å². The number of hydrogen-bond acceptors (Lipinski definition) is 5. The van der Waals surface area contributed by atoms with Crippen molar-refractivity contribution in [2.45, 2.75) is 19.9 Å². The number of amides is 3. The molecule has 1 atom stereocenters. The van der Waals surface area contributed by atoms with Crippen LogP contribution < -0.4 is 11.1 Å². The summed E-state index contributed by atoms with van der Waals surface area (Å²) in [5, 5.41) is 11.5. The lowest BCUT2D eigenvalue weighted by atomic mass is 10.3. The lowest BCUT2D eigenvalue weighted by molar-refractivity contribution is -0.148. The molecule has 4 N–H and O–H groups in total. The predicted molar refractivity (Wildman–Crippen MR) is 74.0 cm³/mol. The molecule has 0 saturated carbocycles. The van der Waals surface area contributed by atoms with E-state index in [4.69, 9.17) is 10.8 Å². The van der Waals surface area contributed by atoms with Crippen molar-refractivity contribution in [2.24, 2.45) is 5.73 Å². The van der Waals surface area contributed by atoms with Crippen molar-refractivity contribution in [3.63, 3.8) is 0 Å². The van der Waals surface area contributed by atoms with E-state index in [1.165, 1.54) is 13.8 Å². The van der Waals surface area contributed by atoms with Crippen LogP contribution in [-0.4, -0.2) is 64.3 Å². The van der Waals surface area contributed by atoms with Gasteiger partial charge in [-0.3, -0.25) is 14.4 Å². The molecule has 1 unspecified atom stereocenters. The summed E-state index contributed by atoms with van der Waals surface area (Å²) in [6, 6.07) is -1.01. The second-order valence-corrected chi connectivity index (χ2v) is 5.03. The van der Waals surface area contributed by atoms with Crippen LogP contribution in [0.3, 0.4) is 0 Å². The summed E-state index contributed by atoms with van der Waals surface area (Å²) in [4.78, 5) is 45.4. The summed E-state index contributed by atoms with van der Waals surface area (Å²) < 4.78 is 0. The third kappa shape index (κ3) is 7.62. The highest BCUT2D eigenvalue weighted by atomic mass is 32.2. The van der Waals surface area contributed by atoms with E-state index in [0.717, 1.165) is 16.7 Å². The molecule has 0 radical (unpaired) electrons. The second-order valence-electron chi connectivity index (χ2n) is 4.04. The number of nitrogens with two attached hydrogens (primary N) is 1. The molecule has 0 fully saturated rings. The van der Waals surface area contributed by atoms with Gasteiger partial charge < -0.3 is 21.1 Å². The van der Waals surface area contributed by atoms with Gasteiger partial charge in [-0.2, -0.15) is 0 Å². The molecule has 8 nitrogen and oxygen atoms in total. The molecular weight excluding hydrogens is 286 g/mol. The van der Waals surface area contributed by atoms with Gasteiger partial charge in [0.05, 0.1) is 11.5 Å². The summed E-state index contributed by atoms with van der Waals surface area (Å²) in [5.74, 6) is -2.41. The van der Waals surface area contributed by atoms with Crippen LogP contribution in [0.1, 0.15) is 13.8 Å². The zero-order valence-corrected chi connectivity index (χ0v) is 12.2. The van der Waals surface area contributed by atoms with Crippen LogP contribution >= 0.6 is 11.8 Å². The SMILES string of the molecule is CC(=O)NCCN(C(=O)CSCC(N)=O)C(C)C(=O)O. The quantitative estimate of drug-likeness (QED) is 0.482. The van der Waals surface area contributed by atoms with Crippen LogP contribution in [0.15, 0.2) is 0 Å². The van der Waals surface area contributed by atoms with Crippen LogP contribution in [0.25, 0.3) is 0 Å². The van der Waals surface area contributed by atoms with Crippen LogP contribution in [-0.2, 0) is 19.2 Å². The summed E-state index contributed by atoms with van der Waals surface area (Å²) in [7, 11) is 0. The van der Waals surface area contributed by atoms with Crippen LogP contribution in [0.2, 0.25) is 0 Å². The van der Waals surface area contributed by atoms with Crippen LogP contribution in [0.5, 0.6) is 0 Å². The molecule has 0 aromatic rings. The molecule has 0 aliphatic rings. The van der Waals surface area contributed by atoms with E-state index in [-0.39, 0.29) is 30.5 Å². The number of nitrogens with one attached hydrogen (secondary N) is 1. The first kappa shape index (κ1) is 18.2. The van der Waals surface area contributed by atoms with Gasteiger partial charge in [-0.25, -0.2) is 4.79 Å². The Hall–Kier alpha value is -1.77. The standard InChI is InChI=1S/C11H19N3O5S/c1-7(11(18)19)14(4-3-13-8(2)15)10(17)6-20-5-9(12)16/h7H,3-6H2,1-2H3,(H2,12,16)(H,13,15)(H,18,19). The minimum atomic E-state index is -1.14. The zero-order valence-electron chi connectivity index (χ0n) is 11.4. The minimum absolute atomic E-state index is 0.00721. The number of carboxylic acid groups (broad SMARTS) is 1. The molecule has 0 heterocycles. The van der Waals surface area contributed by atoms with Crippen molar-refractivity contribution in [1.29, 1.82) is 0 Å². The Morgan fingerprint density at radius 1 is 1.30 bits per heavy atom. The van der Waals surface area contributed by atoms with Gasteiger partial charge in [0.25, 0.3) is 0 Å². The van der Waals surface area contributed by atoms with Crippen molar-refractivity contribution in [1.82, 2.24) is 10.2 Å². The van der Waals surface area contributed by atoms with Gasteiger partial charge in [0, 0.05) is 20.0 Å². The summed E-state index contributed by atoms with van der Waals surface area (Å²) in [5.41, 5.74) is 4.95. The van der Waals surface area contributed by atoms with Gasteiger partial charge >= 0.3 is 5.97 Å². The first-order valence-electron chi connectivity index (χ1n) is 5.88. The van der Waals surface area contributed by atoms with Gasteiger partial charge in [0.15, 0.2) is 0 Å². The van der Waals surface area contributed by atoms with E-state index < -0.39 is 23.8 Å². The molecule has 0 aliphatic carbocycles. The van der Waals surface area contributed by atoms with Crippen molar-refractivity contribution in [2.75, 3.05) is 24.6 Å². The van der Waals surface area contributed by atoms with E-state index in [9.17, 15) is 19.2 Å². The Labute approximate surface area is 121 Å². The topological polar surface area (TPSA) is 130 Å². The Morgan fingerprint density at radius 3 is 2.35 bits per heavy atom. The van der Waals surface area contributed by atoms with Crippen LogP contribution in [0, 0.1) is 0 Å². The smallest absolute Gasteiger partial charge is 0.326 e. The van der Waals surface area contributed by atoms with Crippen molar-refractivity contribution in [3.8, 4) is 0 Å². The second kappa shape index (κ2) is 9.18. The summed E-state index contributed by atoms with van der Waals surface area (Å²) in [6.07, 6.45) is 0. The highest BCUT2D eigenvalue weighted by Gasteiger charge is 2.25. The van der Waals surface area contributed by atoms with Gasteiger partial charge in [0.2, 0.25) is 17.7 Å². The number of aliphatic carboxylic acids is 1. The molecule has 9 heteroatoms. The summed E-state index contributed by atoms with van der Waals surface area (Å²) >= 11 is 1.02. The maximum atomic E-state index is 11.9. The largest absolute Gasteiger partial charge is 0.480 e. The average molecular weight is 305 g/mol. The first-order chi connectivity index (χ1) is 9.25. The number of hydrogen-bond donors (Lipinski definition) is 3. The van der Waals surface area contributed by atoms with E-state index >= 15 is 0 Å². The number of carboxylic acids is 1. The molecule has 114 valence electrons. The lowest BCUT2D eigenvalue weighted by Gasteiger charge is -2.26.